The van der Waals surface area contributed by atoms with Crippen LogP contribution in [0.5, 0.6) is 0 Å². The summed E-state index contributed by atoms with van der Waals surface area (Å²) in [6.45, 7) is 2.69. The van der Waals surface area contributed by atoms with Crippen LogP contribution in [0.3, 0.4) is 0 Å². The van der Waals surface area contributed by atoms with Crippen LogP contribution >= 0.6 is 0 Å². The van der Waals surface area contributed by atoms with Gasteiger partial charge >= 0.3 is 0 Å². The van der Waals surface area contributed by atoms with E-state index < -0.39 is 0 Å². The van der Waals surface area contributed by atoms with Crippen LogP contribution < -0.4 is 0 Å². The molecule has 2 aliphatic carbocycles. The summed E-state index contributed by atoms with van der Waals surface area (Å²) in [6.07, 6.45) is 19.9. The summed E-state index contributed by atoms with van der Waals surface area (Å²) in [5, 5.41) is 8.74. The lowest BCUT2D eigenvalue weighted by Gasteiger charge is -2.02. The number of rotatable bonds is 14. The van der Waals surface area contributed by atoms with Gasteiger partial charge in [0.1, 0.15) is 0 Å². The first-order valence-corrected chi connectivity index (χ1v) is 9.96. The van der Waals surface area contributed by atoms with Crippen LogP contribution in [-0.4, -0.2) is 11.7 Å². The maximum Gasteiger partial charge on any atom is 0.0431 e. The highest BCUT2D eigenvalue weighted by Crippen LogP contribution is 2.54. The summed E-state index contributed by atoms with van der Waals surface area (Å²) in [4.78, 5) is 0. The van der Waals surface area contributed by atoms with Gasteiger partial charge in [0.2, 0.25) is 0 Å². The van der Waals surface area contributed by atoms with Crippen LogP contribution in [0, 0.1) is 23.7 Å². The Balaban J connectivity index is 1.36. The lowest BCUT2D eigenvalue weighted by molar-refractivity contribution is 0.282. The molecule has 2 aliphatic rings. The summed E-state index contributed by atoms with van der Waals surface area (Å²) in [5.41, 5.74) is 0. The van der Waals surface area contributed by atoms with Crippen molar-refractivity contribution in [3.63, 3.8) is 0 Å². The number of hydrogen-bond acceptors (Lipinski definition) is 1. The van der Waals surface area contributed by atoms with Crippen LogP contribution in [0.1, 0.15) is 96.8 Å². The maximum absolute atomic E-state index is 8.74. The van der Waals surface area contributed by atoms with E-state index in [1.807, 2.05) is 0 Å². The summed E-state index contributed by atoms with van der Waals surface area (Å²) in [5.74, 6) is 4.50. The van der Waals surface area contributed by atoms with E-state index in [2.05, 4.69) is 6.92 Å². The minimum atomic E-state index is 0.379. The fourth-order valence-corrected chi connectivity index (χ4v) is 4.18. The van der Waals surface area contributed by atoms with Crippen LogP contribution in [0.25, 0.3) is 0 Å². The van der Waals surface area contributed by atoms with E-state index in [0.717, 1.165) is 30.1 Å². The van der Waals surface area contributed by atoms with Gasteiger partial charge in [0.15, 0.2) is 0 Å². The van der Waals surface area contributed by atoms with Gasteiger partial charge in [-0.05, 0) is 49.4 Å². The van der Waals surface area contributed by atoms with Gasteiger partial charge < -0.3 is 5.11 Å². The van der Waals surface area contributed by atoms with Crippen molar-refractivity contribution in [2.75, 3.05) is 6.61 Å². The molecule has 0 aromatic rings. The predicted molar refractivity (Wildman–Crippen MR) is 91.4 cm³/mol. The van der Waals surface area contributed by atoms with E-state index in [-0.39, 0.29) is 0 Å². The lowest BCUT2D eigenvalue weighted by Crippen LogP contribution is -1.90. The fraction of sp³-hybridized carbons (Fsp3) is 1.00. The zero-order valence-electron chi connectivity index (χ0n) is 14.4. The molecule has 0 spiro atoms. The maximum atomic E-state index is 8.74. The normalized spacial score (nSPS) is 30.6. The van der Waals surface area contributed by atoms with E-state index >= 15 is 0 Å². The fourth-order valence-electron chi connectivity index (χ4n) is 4.18. The highest BCUT2D eigenvalue weighted by Gasteiger charge is 2.44. The van der Waals surface area contributed by atoms with Crippen molar-refractivity contribution in [1.82, 2.24) is 0 Å². The van der Waals surface area contributed by atoms with Gasteiger partial charge in [-0.2, -0.15) is 0 Å². The van der Waals surface area contributed by atoms with Crippen molar-refractivity contribution in [3.8, 4) is 0 Å². The molecule has 2 unspecified atom stereocenters. The average Bonchev–Trinajstić information content (AvgIpc) is 3.39. The predicted octanol–water partition coefficient (Wildman–Crippen LogP) is 5.95. The molecule has 1 heteroatoms. The second-order valence-electron chi connectivity index (χ2n) is 7.88. The third-order valence-corrected chi connectivity index (χ3v) is 5.91. The van der Waals surface area contributed by atoms with Crippen molar-refractivity contribution in [2.45, 2.75) is 96.8 Å². The number of hydrogen-bond donors (Lipinski definition) is 1. The van der Waals surface area contributed by atoms with Crippen molar-refractivity contribution in [1.29, 1.82) is 0 Å². The quantitative estimate of drug-likeness (QED) is 0.392. The Labute approximate surface area is 132 Å². The van der Waals surface area contributed by atoms with Crippen molar-refractivity contribution < 1.29 is 5.11 Å². The summed E-state index contributed by atoms with van der Waals surface area (Å²) < 4.78 is 0. The molecule has 1 N–H and O–H groups in total. The minimum absolute atomic E-state index is 0.379. The molecule has 0 amide bonds. The first-order valence-electron chi connectivity index (χ1n) is 9.96. The Morgan fingerprint density at radius 2 is 1.19 bits per heavy atom. The topological polar surface area (TPSA) is 20.2 Å². The number of aliphatic hydroxyl groups is 1. The molecule has 0 bridgehead atoms. The molecule has 1 nitrogen and oxygen atoms in total. The van der Waals surface area contributed by atoms with Crippen molar-refractivity contribution >= 4 is 0 Å². The van der Waals surface area contributed by atoms with Gasteiger partial charge in [0.25, 0.3) is 0 Å². The summed E-state index contributed by atoms with van der Waals surface area (Å²) >= 11 is 0. The third kappa shape index (κ3) is 7.17. The second-order valence-corrected chi connectivity index (χ2v) is 7.88. The molecule has 0 heterocycles. The van der Waals surface area contributed by atoms with Crippen LogP contribution in [0.15, 0.2) is 0 Å². The molecule has 124 valence electrons. The molecule has 21 heavy (non-hydrogen) atoms. The molecule has 0 radical (unpaired) electrons. The molecular formula is C20H38O. The second kappa shape index (κ2) is 9.87. The zero-order chi connectivity index (χ0) is 14.9. The number of aliphatic hydroxyl groups excluding tert-OH is 1. The molecule has 4 atom stereocenters. The summed E-state index contributed by atoms with van der Waals surface area (Å²) in [6, 6.07) is 0. The Hall–Kier alpha value is -0.0400. The van der Waals surface area contributed by atoms with Crippen molar-refractivity contribution in [2.24, 2.45) is 23.7 Å². The first kappa shape index (κ1) is 17.3. The molecule has 2 rings (SSSR count). The van der Waals surface area contributed by atoms with E-state index in [0.29, 0.717) is 6.61 Å². The van der Waals surface area contributed by atoms with E-state index in [4.69, 9.17) is 5.11 Å². The van der Waals surface area contributed by atoms with Crippen molar-refractivity contribution in [3.05, 3.63) is 0 Å². The van der Waals surface area contributed by atoms with E-state index in [1.54, 1.807) is 19.3 Å². The minimum Gasteiger partial charge on any atom is -0.396 e. The highest BCUT2D eigenvalue weighted by atomic mass is 16.2. The zero-order valence-corrected chi connectivity index (χ0v) is 14.4. The molecular weight excluding hydrogens is 256 g/mol. The molecule has 2 saturated carbocycles. The lowest BCUT2D eigenvalue weighted by atomic mass is 10.0. The summed E-state index contributed by atoms with van der Waals surface area (Å²) in [7, 11) is 0. The first-order chi connectivity index (χ1) is 10.3. The Morgan fingerprint density at radius 1 is 0.667 bits per heavy atom. The largest absolute Gasteiger partial charge is 0.396 e. The highest BCUT2D eigenvalue weighted by molar-refractivity contribution is 4.94. The molecule has 0 aliphatic heterocycles. The smallest absolute Gasteiger partial charge is 0.0431 e. The van der Waals surface area contributed by atoms with Crippen LogP contribution in [-0.2, 0) is 0 Å². The standard InChI is InChI=1S/C20H38O/c1-2-3-8-11-17-14-19(17)16-20-15-18(20)12-9-6-4-5-7-10-13-21/h17-21H,2-16H2,1H3/t17?,18-,19?,20+/m1/s1. The van der Waals surface area contributed by atoms with Gasteiger partial charge in [-0.15, -0.1) is 0 Å². The van der Waals surface area contributed by atoms with Gasteiger partial charge in [0, 0.05) is 6.61 Å². The SMILES string of the molecule is CCCCCC1CC1C[C@@H]1C[C@H]1CCCCCCCCO. The average molecular weight is 295 g/mol. The monoisotopic (exact) mass is 294 g/mol. The Bertz CT molecular complexity index is 263. The third-order valence-electron chi connectivity index (χ3n) is 5.91. The van der Waals surface area contributed by atoms with Crippen LogP contribution in [0.2, 0.25) is 0 Å². The van der Waals surface area contributed by atoms with Gasteiger partial charge in [-0.3, -0.25) is 0 Å². The molecule has 2 fully saturated rings. The van der Waals surface area contributed by atoms with Gasteiger partial charge in [-0.1, -0.05) is 71.1 Å². The Kier molecular flexibility index (Phi) is 8.14. The molecule has 0 aromatic heterocycles. The molecule has 0 saturated heterocycles. The van der Waals surface area contributed by atoms with E-state index in [1.165, 1.54) is 64.2 Å². The molecule has 0 aromatic carbocycles. The van der Waals surface area contributed by atoms with E-state index in [9.17, 15) is 0 Å². The van der Waals surface area contributed by atoms with Gasteiger partial charge in [0.05, 0.1) is 0 Å². The van der Waals surface area contributed by atoms with Crippen LogP contribution in [0.4, 0.5) is 0 Å². The Morgan fingerprint density at radius 3 is 1.76 bits per heavy atom. The van der Waals surface area contributed by atoms with Gasteiger partial charge in [-0.25, -0.2) is 0 Å². The number of unbranched alkanes of at least 4 members (excludes halogenated alkanes) is 7.